The molecule has 1 aromatic heterocycles. The summed E-state index contributed by atoms with van der Waals surface area (Å²) in [6.45, 7) is 4.85. The van der Waals surface area contributed by atoms with Crippen molar-refractivity contribution in [1.29, 1.82) is 0 Å². The van der Waals surface area contributed by atoms with Crippen LogP contribution in [0.4, 0.5) is 21.5 Å². The summed E-state index contributed by atoms with van der Waals surface area (Å²) >= 11 is 0. The van der Waals surface area contributed by atoms with E-state index in [0.717, 1.165) is 5.56 Å². The number of carbonyl (C=O) groups excluding carboxylic acids is 2. The molecule has 1 aliphatic rings. The predicted molar refractivity (Wildman–Crippen MR) is 132 cm³/mol. The van der Waals surface area contributed by atoms with Crippen LogP contribution >= 0.6 is 0 Å². The van der Waals surface area contributed by atoms with Gasteiger partial charge < -0.3 is 20.4 Å². The lowest BCUT2D eigenvalue weighted by Crippen LogP contribution is -2.54. The number of anilines is 3. The topological polar surface area (TPSA) is 112 Å². The highest BCUT2D eigenvalue weighted by molar-refractivity contribution is 6.53. The molecule has 0 unspecified atom stereocenters. The highest BCUT2D eigenvalue weighted by atomic mass is 19.1. The Balaban J connectivity index is 1.41. The van der Waals surface area contributed by atoms with Gasteiger partial charge in [-0.3, -0.25) is 24.2 Å². The summed E-state index contributed by atoms with van der Waals surface area (Å²) in [7, 11) is 1.58. The highest BCUT2D eigenvalue weighted by Crippen LogP contribution is 2.27. The number of piperazine rings is 1. The minimum atomic E-state index is -0.895. The summed E-state index contributed by atoms with van der Waals surface area (Å²) in [5.74, 6) is -2.34. The predicted octanol–water partition coefficient (Wildman–Crippen LogP) is 1.40. The summed E-state index contributed by atoms with van der Waals surface area (Å²) in [6, 6.07) is 7.90. The van der Waals surface area contributed by atoms with E-state index in [2.05, 4.69) is 22.2 Å². The number of hydrogen-bond acceptors (Lipinski definition) is 8. The number of benzene rings is 1. The molecule has 0 aliphatic carbocycles. The quantitative estimate of drug-likeness (QED) is 0.370. The van der Waals surface area contributed by atoms with Crippen molar-refractivity contribution in [2.45, 2.75) is 6.54 Å². The zero-order chi connectivity index (χ0) is 25.1. The van der Waals surface area contributed by atoms with E-state index in [1.165, 1.54) is 17.0 Å². The minimum absolute atomic E-state index is 0.0416. The summed E-state index contributed by atoms with van der Waals surface area (Å²) in [4.78, 5) is 57.1. The molecule has 10 heteroatoms. The maximum Gasteiger partial charge on any atom is 0.295 e. The Morgan fingerprint density at radius 1 is 1.09 bits per heavy atom. The molecule has 0 spiro atoms. The van der Waals surface area contributed by atoms with Gasteiger partial charge in [-0.25, -0.2) is 4.39 Å². The zero-order valence-electron chi connectivity index (χ0n) is 19.1. The molecule has 0 atom stereocenters. The van der Waals surface area contributed by atoms with E-state index in [1.54, 1.807) is 36.5 Å². The van der Waals surface area contributed by atoms with Gasteiger partial charge in [-0.15, -0.1) is 0 Å². The van der Waals surface area contributed by atoms with Crippen molar-refractivity contribution in [3.05, 3.63) is 86.7 Å². The first-order valence-electron chi connectivity index (χ1n) is 11.0. The van der Waals surface area contributed by atoms with Crippen molar-refractivity contribution >= 4 is 34.3 Å². The van der Waals surface area contributed by atoms with Gasteiger partial charge >= 0.3 is 0 Å². The first kappa shape index (κ1) is 23.8. The average Bonchev–Trinajstić information content (AvgIpc) is 2.89. The molecule has 35 heavy (non-hydrogen) atoms. The number of amides is 1. The summed E-state index contributed by atoms with van der Waals surface area (Å²) in [5.41, 5.74) is 0.295. The van der Waals surface area contributed by atoms with Crippen molar-refractivity contribution < 1.29 is 14.0 Å². The zero-order valence-corrected chi connectivity index (χ0v) is 19.1. The summed E-state index contributed by atoms with van der Waals surface area (Å²) < 4.78 is 14.4. The van der Waals surface area contributed by atoms with Crippen LogP contribution in [0.1, 0.15) is 11.1 Å². The molecule has 1 saturated heterocycles. The molecule has 1 amide bonds. The van der Waals surface area contributed by atoms with Crippen molar-refractivity contribution in [1.82, 2.24) is 9.88 Å². The minimum Gasteiger partial charge on any atom is -0.388 e. The second-order valence-electron chi connectivity index (χ2n) is 8.10. The van der Waals surface area contributed by atoms with Crippen LogP contribution in [-0.2, 0) is 16.1 Å². The van der Waals surface area contributed by atoms with Crippen molar-refractivity contribution in [3.63, 3.8) is 0 Å². The monoisotopic (exact) mass is 477 g/mol. The Labute approximate surface area is 200 Å². The van der Waals surface area contributed by atoms with E-state index >= 15 is 0 Å². The summed E-state index contributed by atoms with van der Waals surface area (Å²) in [6.07, 6.45) is 3.30. The largest absolute Gasteiger partial charge is 0.388 e. The number of Topliss-reactive ketones (excluding diaryl/α,β-unsaturated/α-hetero) is 1. The first-order chi connectivity index (χ1) is 16.8. The van der Waals surface area contributed by atoms with Gasteiger partial charge in [0, 0.05) is 69.0 Å². The molecule has 4 rings (SSSR count). The number of nitrogens with zero attached hydrogens (tertiary/aromatic N) is 3. The first-order valence-corrected chi connectivity index (χ1v) is 11.0. The van der Waals surface area contributed by atoms with Crippen molar-refractivity contribution in [2.24, 2.45) is 0 Å². The maximum absolute atomic E-state index is 14.4. The van der Waals surface area contributed by atoms with Gasteiger partial charge in [0.05, 0.1) is 0 Å². The van der Waals surface area contributed by atoms with Crippen LogP contribution in [0.25, 0.3) is 5.57 Å². The Morgan fingerprint density at radius 3 is 2.49 bits per heavy atom. The standard InChI is InChI=1S/C25H24FN5O4/c1-15(19-17(26)6-3-7-18(19)27-2)22(32)25(35)31-11-9-30(10-12-31)21-20(23(33)24(21)34)29-14-16-5-4-8-28-13-16/h3-8,13,27,29H,1,9-12,14H2,2H3. The van der Waals surface area contributed by atoms with Gasteiger partial charge in [-0.1, -0.05) is 18.7 Å². The third kappa shape index (κ3) is 4.54. The number of ketones is 1. The molecule has 0 saturated carbocycles. The number of hydrogen-bond donors (Lipinski definition) is 2. The molecule has 0 radical (unpaired) electrons. The lowest BCUT2D eigenvalue weighted by molar-refractivity contribution is -0.142. The average molecular weight is 477 g/mol. The van der Waals surface area contributed by atoms with E-state index in [1.807, 2.05) is 6.07 Å². The SMILES string of the molecule is C=C(C(=O)C(=O)N1CCN(c2c(NCc3cccnc3)c(=O)c2=O)CC1)c1c(F)cccc1NC. The van der Waals surface area contributed by atoms with Crippen molar-refractivity contribution in [2.75, 3.05) is 48.8 Å². The van der Waals surface area contributed by atoms with Gasteiger partial charge in [0.2, 0.25) is 0 Å². The second kappa shape index (κ2) is 9.88. The summed E-state index contributed by atoms with van der Waals surface area (Å²) in [5, 5.41) is 5.80. The number of nitrogens with one attached hydrogen (secondary N) is 2. The van der Waals surface area contributed by atoms with Gasteiger partial charge in [0.25, 0.3) is 22.5 Å². The molecular weight excluding hydrogens is 453 g/mol. The van der Waals surface area contributed by atoms with Gasteiger partial charge in [0.15, 0.2) is 0 Å². The normalized spacial score (nSPS) is 13.5. The maximum atomic E-state index is 14.4. The van der Waals surface area contributed by atoms with E-state index in [9.17, 15) is 23.6 Å². The molecule has 1 aliphatic heterocycles. The number of halogens is 1. The molecule has 180 valence electrons. The van der Waals surface area contributed by atoms with Gasteiger partial charge in [0.1, 0.15) is 17.2 Å². The smallest absolute Gasteiger partial charge is 0.295 e. The molecule has 2 heterocycles. The number of aromatic nitrogens is 1. The fourth-order valence-electron chi connectivity index (χ4n) is 4.10. The molecule has 2 aromatic carbocycles. The van der Waals surface area contributed by atoms with Crippen LogP contribution in [0.3, 0.4) is 0 Å². The Hall–Kier alpha value is -4.34. The van der Waals surface area contributed by atoms with Crippen molar-refractivity contribution in [3.8, 4) is 0 Å². The van der Waals surface area contributed by atoms with E-state index in [4.69, 9.17) is 0 Å². The van der Waals surface area contributed by atoms with Crippen LogP contribution in [0.5, 0.6) is 0 Å². The van der Waals surface area contributed by atoms with Crippen LogP contribution in [0.15, 0.2) is 58.9 Å². The number of carbonyl (C=O) groups is 2. The van der Waals surface area contributed by atoms with Crippen LogP contribution in [0, 0.1) is 5.82 Å². The molecule has 1 fully saturated rings. The molecule has 3 aromatic rings. The van der Waals surface area contributed by atoms with Crippen LogP contribution in [-0.4, -0.2) is 54.8 Å². The molecule has 2 N–H and O–H groups in total. The Morgan fingerprint density at radius 2 is 1.83 bits per heavy atom. The third-order valence-electron chi connectivity index (χ3n) is 6.01. The van der Waals surface area contributed by atoms with Crippen LogP contribution < -0.4 is 26.4 Å². The Bertz CT molecular complexity index is 1360. The van der Waals surface area contributed by atoms with E-state index in [0.29, 0.717) is 12.2 Å². The Kier molecular flexibility index (Phi) is 6.72. The van der Waals surface area contributed by atoms with E-state index < -0.39 is 28.4 Å². The number of pyridine rings is 1. The lowest BCUT2D eigenvalue weighted by Gasteiger charge is -2.36. The molecular formula is C25H24FN5O4. The van der Waals surface area contributed by atoms with Gasteiger partial charge in [-0.2, -0.15) is 0 Å². The third-order valence-corrected chi connectivity index (χ3v) is 6.01. The molecule has 9 nitrogen and oxygen atoms in total. The van der Waals surface area contributed by atoms with Crippen LogP contribution in [0.2, 0.25) is 0 Å². The van der Waals surface area contributed by atoms with Gasteiger partial charge in [-0.05, 0) is 23.8 Å². The lowest BCUT2D eigenvalue weighted by atomic mass is 9.99. The fourth-order valence-corrected chi connectivity index (χ4v) is 4.10. The fraction of sp³-hybridized carbons (Fsp3) is 0.240. The van der Waals surface area contributed by atoms with E-state index in [-0.39, 0.29) is 48.7 Å². The molecule has 0 bridgehead atoms. The highest BCUT2D eigenvalue weighted by Gasteiger charge is 2.33. The second-order valence-corrected chi connectivity index (χ2v) is 8.10. The number of rotatable bonds is 8.